The normalized spacial score (nSPS) is 15.0. The van der Waals surface area contributed by atoms with E-state index in [1.54, 1.807) is 18.3 Å². The summed E-state index contributed by atoms with van der Waals surface area (Å²) in [5.74, 6) is 1.11. The van der Waals surface area contributed by atoms with Gasteiger partial charge in [-0.1, -0.05) is 24.6 Å². The van der Waals surface area contributed by atoms with Crippen molar-refractivity contribution in [1.82, 2.24) is 15.2 Å². The molecule has 2 aromatic rings. The maximum absolute atomic E-state index is 12.1. The Bertz CT molecular complexity index is 637. The van der Waals surface area contributed by atoms with Crippen molar-refractivity contribution >= 4 is 5.91 Å². The number of benzene rings is 1. The van der Waals surface area contributed by atoms with Gasteiger partial charge in [-0.25, -0.2) is 4.98 Å². The monoisotopic (exact) mass is 325 g/mol. The third-order valence-electron chi connectivity index (χ3n) is 4.13. The van der Waals surface area contributed by atoms with Crippen LogP contribution in [-0.4, -0.2) is 42.0 Å². The zero-order chi connectivity index (χ0) is 16.6. The van der Waals surface area contributed by atoms with Crippen molar-refractivity contribution in [2.45, 2.75) is 19.3 Å². The van der Waals surface area contributed by atoms with Crippen LogP contribution in [0.25, 0.3) is 0 Å². The van der Waals surface area contributed by atoms with Gasteiger partial charge in [-0.05, 0) is 44.1 Å². The number of piperidine rings is 1. The molecule has 1 aliphatic rings. The topological polar surface area (TPSA) is 54.5 Å². The second kappa shape index (κ2) is 8.45. The zero-order valence-corrected chi connectivity index (χ0v) is 13.8. The van der Waals surface area contributed by atoms with Gasteiger partial charge >= 0.3 is 0 Å². The van der Waals surface area contributed by atoms with Crippen LogP contribution < -0.4 is 10.1 Å². The predicted molar refractivity (Wildman–Crippen MR) is 93.4 cm³/mol. The number of carbonyl (C=O) groups excluding carboxylic acids is 1. The van der Waals surface area contributed by atoms with Crippen molar-refractivity contribution in [1.29, 1.82) is 0 Å². The molecule has 1 aromatic heterocycles. The van der Waals surface area contributed by atoms with Gasteiger partial charge in [-0.2, -0.15) is 0 Å². The highest BCUT2D eigenvalue weighted by Crippen LogP contribution is 2.18. The van der Waals surface area contributed by atoms with Crippen LogP contribution >= 0.6 is 0 Å². The molecule has 1 saturated heterocycles. The molecule has 1 amide bonds. The van der Waals surface area contributed by atoms with Gasteiger partial charge in [0.15, 0.2) is 0 Å². The molecule has 5 nitrogen and oxygen atoms in total. The molecule has 0 atom stereocenters. The molecule has 0 unspecified atom stereocenters. The van der Waals surface area contributed by atoms with Gasteiger partial charge in [0, 0.05) is 25.4 Å². The van der Waals surface area contributed by atoms with Gasteiger partial charge in [0.1, 0.15) is 5.75 Å². The molecule has 24 heavy (non-hydrogen) atoms. The number of nitrogens with zero attached hydrogens (tertiary/aromatic N) is 2. The van der Waals surface area contributed by atoms with E-state index in [1.165, 1.54) is 19.3 Å². The van der Waals surface area contributed by atoms with Crippen molar-refractivity contribution in [3.63, 3.8) is 0 Å². The quantitative estimate of drug-likeness (QED) is 0.887. The molecule has 0 radical (unpaired) electrons. The van der Waals surface area contributed by atoms with Gasteiger partial charge in [0.2, 0.25) is 5.88 Å². The summed E-state index contributed by atoms with van der Waals surface area (Å²) in [4.78, 5) is 18.7. The Kier molecular flexibility index (Phi) is 5.80. The fraction of sp³-hybridized carbons (Fsp3) is 0.368. The number of nitrogens with one attached hydrogen (secondary N) is 1. The second-order valence-corrected chi connectivity index (χ2v) is 5.96. The van der Waals surface area contributed by atoms with Crippen LogP contribution in [0.15, 0.2) is 48.7 Å². The summed E-state index contributed by atoms with van der Waals surface area (Å²) in [5.41, 5.74) is 0.550. The summed E-state index contributed by atoms with van der Waals surface area (Å²) >= 11 is 0. The van der Waals surface area contributed by atoms with E-state index in [4.69, 9.17) is 4.74 Å². The minimum Gasteiger partial charge on any atom is -0.439 e. The summed E-state index contributed by atoms with van der Waals surface area (Å²) in [7, 11) is 0. The van der Waals surface area contributed by atoms with Gasteiger partial charge in [0.25, 0.3) is 5.91 Å². The minimum absolute atomic E-state index is 0.0919. The van der Waals surface area contributed by atoms with Crippen LogP contribution in [0.2, 0.25) is 0 Å². The molecule has 126 valence electrons. The van der Waals surface area contributed by atoms with E-state index >= 15 is 0 Å². The number of hydrogen-bond donors (Lipinski definition) is 1. The maximum atomic E-state index is 12.1. The lowest BCUT2D eigenvalue weighted by Gasteiger charge is -2.26. The number of likely N-dealkylation sites (tertiary alicyclic amines) is 1. The number of carbonyl (C=O) groups is 1. The molecule has 1 fully saturated rings. The molecule has 0 spiro atoms. The third kappa shape index (κ3) is 4.80. The minimum atomic E-state index is -0.0919. The van der Waals surface area contributed by atoms with Crippen LogP contribution in [0.3, 0.4) is 0 Å². The molecule has 0 aliphatic carbocycles. The standard InChI is InChI=1S/C19H23N3O2/c23-19(20-11-14-22-12-5-2-6-13-22)16-9-10-18(21-15-16)24-17-7-3-1-4-8-17/h1,3-4,7-10,15H,2,5-6,11-14H2,(H,20,23). The van der Waals surface area contributed by atoms with E-state index in [-0.39, 0.29) is 5.91 Å². The summed E-state index contributed by atoms with van der Waals surface area (Å²) in [6.07, 6.45) is 5.40. The molecule has 2 heterocycles. The number of amides is 1. The number of rotatable bonds is 6. The average molecular weight is 325 g/mol. The fourth-order valence-corrected chi connectivity index (χ4v) is 2.80. The van der Waals surface area contributed by atoms with Gasteiger partial charge in [-0.15, -0.1) is 0 Å². The molecule has 0 bridgehead atoms. The highest BCUT2D eigenvalue weighted by atomic mass is 16.5. The Morgan fingerprint density at radius 3 is 2.58 bits per heavy atom. The first-order valence-electron chi connectivity index (χ1n) is 8.51. The highest BCUT2D eigenvalue weighted by molar-refractivity contribution is 5.93. The first-order chi connectivity index (χ1) is 11.8. The number of pyridine rings is 1. The lowest BCUT2D eigenvalue weighted by Crippen LogP contribution is -2.37. The van der Waals surface area contributed by atoms with Crippen LogP contribution in [0, 0.1) is 0 Å². The number of aromatic nitrogens is 1. The Labute approximate surface area is 142 Å². The van der Waals surface area contributed by atoms with Crippen LogP contribution in [0.5, 0.6) is 11.6 Å². The Morgan fingerprint density at radius 1 is 1.08 bits per heavy atom. The largest absolute Gasteiger partial charge is 0.439 e. The second-order valence-electron chi connectivity index (χ2n) is 5.96. The SMILES string of the molecule is O=C(NCCN1CCCCC1)c1ccc(Oc2ccccc2)nc1. The molecule has 5 heteroatoms. The summed E-state index contributed by atoms with van der Waals surface area (Å²) in [6, 6.07) is 12.9. The van der Waals surface area contributed by atoms with Gasteiger partial charge < -0.3 is 15.0 Å². The highest BCUT2D eigenvalue weighted by Gasteiger charge is 2.11. The van der Waals surface area contributed by atoms with Crippen molar-refractivity contribution < 1.29 is 9.53 Å². The van der Waals surface area contributed by atoms with E-state index < -0.39 is 0 Å². The first kappa shape index (κ1) is 16.5. The maximum Gasteiger partial charge on any atom is 0.252 e. The average Bonchev–Trinajstić information content (AvgIpc) is 2.64. The van der Waals surface area contributed by atoms with Gasteiger partial charge in [-0.3, -0.25) is 4.79 Å². The molecule has 0 saturated carbocycles. The molecular weight excluding hydrogens is 302 g/mol. The van der Waals surface area contributed by atoms with E-state index in [0.29, 0.717) is 18.0 Å². The lowest BCUT2D eigenvalue weighted by molar-refractivity contribution is 0.0946. The Morgan fingerprint density at radius 2 is 1.88 bits per heavy atom. The van der Waals surface area contributed by atoms with E-state index in [1.807, 2.05) is 30.3 Å². The van der Waals surface area contributed by atoms with E-state index in [9.17, 15) is 4.79 Å². The number of ether oxygens (including phenoxy) is 1. The Hall–Kier alpha value is -2.40. The molecule has 1 N–H and O–H groups in total. The molecular formula is C19H23N3O2. The molecule has 3 rings (SSSR count). The Balaban J connectivity index is 1.46. The van der Waals surface area contributed by atoms with Crippen LogP contribution in [0.4, 0.5) is 0 Å². The summed E-state index contributed by atoms with van der Waals surface area (Å²) in [5, 5.41) is 2.95. The smallest absolute Gasteiger partial charge is 0.252 e. The van der Waals surface area contributed by atoms with Gasteiger partial charge in [0.05, 0.1) is 5.56 Å². The molecule has 1 aromatic carbocycles. The summed E-state index contributed by atoms with van der Waals surface area (Å²) in [6.45, 7) is 3.86. The van der Waals surface area contributed by atoms with E-state index in [2.05, 4.69) is 15.2 Å². The number of para-hydroxylation sites is 1. The van der Waals surface area contributed by atoms with Crippen molar-refractivity contribution in [3.8, 4) is 11.6 Å². The van der Waals surface area contributed by atoms with E-state index in [0.717, 1.165) is 25.4 Å². The van der Waals surface area contributed by atoms with Crippen LogP contribution in [-0.2, 0) is 0 Å². The predicted octanol–water partition coefficient (Wildman–Crippen LogP) is 3.09. The molecule has 1 aliphatic heterocycles. The lowest BCUT2D eigenvalue weighted by atomic mass is 10.1. The zero-order valence-electron chi connectivity index (χ0n) is 13.8. The summed E-state index contributed by atoms with van der Waals surface area (Å²) < 4.78 is 5.62. The van der Waals surface area contributed by atoms with Crippen molar-refractivity contribution in [2.24, 2.45) is 0 Å². The van der Waals surface area contributed by atoms with Crippen molar-refractivity contribution in [2.75, 3.05) is 26.2 Å². The third-order valence-corrected chi connectivity index (χ3v) is 4.13. The number of hydrogen-bond acceptors (Lipinski definition) is 4. The first-order valence-corrected chi connectivity index (χ1v) is 8.51. The van der Waals surface area contributed by atoms with Crippen molar-refractivity contribution in [3.05, 3.63) is 54.2 Å². The fourth-order valence-electron chi connectivity index (χ4n) is 2.80. The van der Waals surface area contributed by atoms with Crippen LogP contribution in [0.1, 0.15) is 29.6 Å².